The molecule has 0 amide bonds. The molecule has 0 radical (unpaired) electrons. The molecule has 1 aliphatic rings. The van der Waals surface area contributed by atoms with Gasteiger partial charge >= 0.3 is 0 Å². The fourth-order valence-electron chi connectivity index (χ4n) is 1.41. The Hall–Kier alpha value is -0.660. The van der Waals surface area contributed by atoms with E-state index in [9.17, 15) is 0 Å². The molecule has 0 spiro atoms. The van der Waals surface area contributed by atoms with Crippen LogP contribution in [0.5, 0.6) is 0 Å². The van der Waals surface area contributed by atoms with Crippen LogP contribution in [0.2, 0.25) is 0 Å². The molecule has 72 valence electrons. The highest BCUT2D eigenvalue weighted by Gasteiger charge is 2.17. The highest BCUT2D eigenvalue weighted by atomic mass is 79.9. The summed E-state index contributed by atoms with van der Waals surface area (Å²) in [5.41, 5.74) is 1.14. The van der Waals surface area contributed by atoms with E-state index in [0.717, 1.165) is 15.9 Å². The third-order valence-electron chi connectivity index (χ3n) is 2.08. The second kappa shape index (κ2) is 4.24. The molecule has 0 saturated carbocycles. The van der Waals surface area contributed by atoms with E-state index in [4.69, 9.17) is 5.26 Å². The zero-order valence-electron chi connectivity index (χ0n) is 7.46. The van der Waals surface area contributed by atoms with Gasteiger partial charge in [-0.25, -0.2) is 0 Å². The van der Waals surface area contributed by atoms with Crippen LogP contribution < -0.4 is 5.32 Å². The molecule has 2 rings (SSSR count). The number of anilines is 1. The van der Waals surface area contributed by atoms with E-state index in [2.05, 4.69) is 39.4 Å². The first-order chi connectivity index (χ1) is 6.79. The number of rotatable bonds is 1. The first-order valence-corrected chi connectivity index (χ1v) is 6.13. The van der Waals surface area contributed by atoms with Crippen LogP contribution in [-0.2, 0) is 0 Å². The van der Waals surface area contributed by atoms with Gasteiger partial charge in [-0.05, 0) is 18.2 Å². The lowest BCUT2D eigenvalue weighted by molar-refractivity contribution is 0.819. The molecule has 0 fully saturated rings. The highest BCUT2D eigenvalue weighted by Crippen LogP contribution is 2.35. The molecule has 1 aromatic rings. The van der Waals surface area contributed by atoms with Crippen molar-refractivity contribution >= 4 is 33.4 Å². The Morgan fingerprint density at radius 2 is 2.50 bits per heavy atom. The van der Waals surface area contributed by atoms with Crippen LogP contribution in [0, 0.1) is 11.3 Å². The molecule has 4 heteroatoms. The lowest BCUT2D eigenvalue weighted by atomic mass is 10.2. The lowest BCUT2D eigenvalue weighted by Crippen LogP contribution is -2.25. The van der Waals surface area contributed by atoms with Crippen molar-refractivity contribution in [1.29, 1.82) is 5.26 Å². The molecular formula is C10H9BrN2S. The molecule has 0 bridgehead atoms. The van der Waals surface area contributed by atoms with Gasteiger partial charge in [0.15, 0.2) is 0 Å². The van der Waals surface area contributed by atoms with Crippen molar-refractivity contribution in [1.82, 2.24) is 0 Å². The first kappa shape index (κ1) is 9.88. The van der Waals surface area contributed by atoms with Gasteiger partial charge < -0.3 is 5.32 Å². The van der Waals surface area contributed by atoms with Gasteiger partial charge in [-0.15, -0.1) is 11.8 Å². The maximum Gasteiger partial charge on any atom is 0.0643 e. The number of hydrogen-bond acceptors (Lipinski definition) is 3. The van der Waals surface area contributed by atoms with E-state index >= 15 is 0 Å². The van der Waals surface area contributed by atoms with Crippen LogP contribution in [0.15, 0.2) is 27.6 Å². The molecule has 2 nitrogen and oxygen atoms in total. The minimum Gasteiger partial charge on any atom is -0.380 e. The standard InChI is InChI=1S/C10H9BrN2S/c11-7-1-2-9-10(5-7)14-6-8(13-9)3-4-12/h1-2,5,8,13H,3,6H2. The van der Waals surface area contributed by atoms with Crippen LogP contribution in [0.1, 0.15) is 6.42 Å². The summed E-state index contributed by atoms with van der Waals surface area (Å²) in [5, 5.41) is 12.0. The molecule has 1 heterocycles. The number of halogens is 1. The molecule has 1 N–H and O–H groups in total. The van der Waals surface area contributed by atoms with Crippen LogP contribution in [0.4, 0.5) is 5.69 Å². The zero-order valence-corrected chi connectivity index (χ0v) is 9.86. The normalized spacial score (nSPS) is 19.3. The van der Waals surface area contributed by atoms with E-state index < -0.39 is 0 Å². The molecule has 0 aromatic heterocycles. The zero-order chi connectivity index (χ0) is 9.97. The van der Waals surface area contributed by atoms with Crippen molar-refractivity contribution in [2.24, 2.45) is 0 Å². The predicted molar refractivity (Wildman–Crippen MR) is 62.5 cm³/mol. The summed E-state index contributed by atoms with van der Waals surface area (Å²) in [5.74, 6) is 0.969. The van der Waals surface area contributed by atoms with Gasteiger partial charge in [0.1, 0.15) is 0 Å². The SMILES string of the molecule is N#CCC1CSc2cc(Br)ccc2N1. The average molecular weight is 269 g/mol. The number of fused-ring (bicyclic) bond motifs is 1. The van der Waals surface area contributed by atoms with Gasteiger partial charge in [0.25, 0.3) is 0 Å². The molecule has 14 heavy (non-hydrogen) atoms. The second-order valence-electron chi connectivity index (χ2n) is 3.15. The average Bonchev–Trinajstić information content (AvgIpc) is 2.19. The third-order valence-corrected chi connectivity index (χ3v) is 3.79. The van der Waals surface area contributed by atoms with Crippen LogP contribution in [0.25, 0.3) is 0 Å². The van der Waals surface area contributed by atoms with Gasteiger partial charge in [-0.1, -0.05) is 15.9 Å². The van der Waals surface area contributed by atoms with Crippen molar-refractivity contribution in [3.63, 3.8) is 0 Å². The highest BCUT2D eigenvalue weighted by molar-refractivity contribution is 9.10. The smallest absolute Gasteiger partial charge is 0.0643 e. The van der Waals surface area contributed by atoms with Gasteiger partial charge in [0.05, 0.1) is 12.5 Å². The van der Waals surface area contributed by atoms with E-state index in [-0.39, 0.29) is 0 Å². The maximum absolute atomic E-state index is 8.60. The van der Waals surface area contributed by atoms with Gasteiger partial charge in [-0.2, -0.15) is 5.26 Å². The van der Waals surface area contributed by atoms with Gasteiger partial charge in [0.2, 0.25) is 0 Å². The van der Waals surface area contributed by atoms with E-state index in [0.29, 0.717) is 12.5 Å². The Morgan fingerprint density at radius 1 is 1.64 bits per heavy atom. The van der Waals surface area contributed by atoms with Crippen molar-refractivity contribution in [3.05, 3.63) is 22.7 Å². The topological polar surface area (TPSA) is 35.8 Å². The van der Waals surface area contributed by atoms with Gasteiger partial charge in [-0.3, -0.25) is 0 Å². The molecule has 0 aliphatic carbocycles. The number of nitrogens with zero attached hydrogens (tertiary/aromatic N) is 1. The Morgan fingerprint density at radius 3 is 3.29 bits per heavy atom. The Bertz CT molecular complexity index is 386. The molecule has 1 atom stereocenters. The number of nitriles is 1. The summed E-state index contributed by atoms with van der Waals surface area (Å²) in [6.45, 7) is 0. The van der Waals surface area contributed by atoms with Crippen molar-refractivity contribution < 1.29 is 0 Å². The molecule has 1 unspecified atom stereocenters. The summed E-state index contributed by atoms with van der Waals surface area (Å²) < 4.78 is 1.10. The number of thioether (sulfide) groups is 1. The maximum atomic E-state index is 8.60. The minimum absolute atomic E-state index is 0.290. The fourth-order valence-corrected chi connectivity index (χ4v) is 2.99. The largest absolute Gasteiger partial charge is 0.380 e. The van der Waals surface area contributed by atoms with Crippen LogP contribution >= 0.6 is 27.7 Å². The molecule has 0 saturated heterocycles. The summed E-state index contributed by atoms with van der Waals surface area (Å²) in [4.78, 5) is 1.26. The second-order valence-corrected chi connectivity index (χ2v) is 5.13. The lowest BCUT2D eigenvalue weighted by Gasteiger charge is -2.24. The van der Waals surface area contributed by atoms with Crippen molar-refractivity contribution in [2.75, 3.05) is 11.1 Å². The molecule has 1 aromatic carbocycles. The fraction of sp³-hybridized carbons (Fsp3) is 0.300. The third kappa shape index (κ3) is 2.05. The number of benzene rings is 1. The molecule has 1 aliphatic heterocycles. The number of nitrogens with one attached hydrogen (secondary N) is 1. The summed E-state index contributed by atoms with van der Waals surface area (Å²) in [6, 6.07) is 8.66. The predicted octanol–water partition coefficient (Wildman–Crippen LogP) is 3.25. The van der Waals surface area contributed by atoms with E-state index in [1.165, 1.54) is 4.90 Å². The Kier molecular flexibility index (Phi) is 2.99. The summed E-state index contributed by atoms with van der Waals surface area (Å²) >= 11 is 5.25. The van der Waals surface area contributed by atoms with Crippen molar-refractivity contribution in [3.8, 4) is 6.07 Å². The van der Waals surface area contributed by atoms with Crippen molar-refractivity contribution in [2.45, 2.75) is 17.4 Å². The number of hydrogen-bond donors (Lipinski definition) is 1. The van der Waals surface area contributed by atoms with Gasteiger partial charge in [0, 0.05) is 26.9 Å². The summed E-state index contributed by atoms with van der Waals surface area (Å²) in [7, 11) is 0. The van der Waals surface area contributed by atoms with E-state index in [1.54, 1.807) is 0 Å². The molecular weight excluding hydrogens is 260 g/mol. The monoisotopic (exact) mass is 268 g/mol. The van der Waals surface area contributed by atoms with Crippen LogP contribution in [-0.4, -0.2) is 11.8 Å². The quantitative estimate of drug-likeness (QED) is 0.850. The van der Waals surface area contributed by atoms with E-state index in [1.807, 2.05) is 17.8 Å². The first-order valence-electron chi connectivity index (χ1n) is 4.35. The minimum atomic E-state index is 0.290. The van der Waals surface area contributed by atoms with Crippen LogP contribution in [0.3, 0.4) is 0 Å². The summed E-state index contributed by atoms with van der Waals surface area (Å²) in [6.07, 6.45) is 0.572. The Labute approximate surface area is 95.8 Å². The Balaban J connectivity index is 2.20.